The van der Waals surface area contributed by atoms with Crippen LogP contribution in [-0.2, 0) is 76.3 Å². The molecule has 2 heterocycles. The average Bonchev–Trinajstić information content (AvgIpc) is 0.791. The van der Waals surface area contributed by atoms with Crippen LogP contribution < -0.4 is 32.7 Å². The smallest absolute Gasteiger partial charge is 0.408 e. The van der Waals surface area contributed by atoms with Crippen LogP contribution in [0.3, 0.4) is 0 Å². The van der Waals surface area contributed by atoms with Crippen LogP contribution in [-0.4, -0.2) is 199 Å². The van der Waals surface area contributed by atoms with Gasteiger partial charge in [0, 0.05) is 36.3 Å². The molecule has 0 spiro atoms. The minimum atomic E-state index is -1.31. The molecule has 7 saturated carbocycles. The van der Waals surface area contributed by atoms with Crippen molar-refractivity contribution in [2.45, 2.75) is 403 Å². The highest BCUT2D eigenvalue weighted by atomic mass is 127. The van der Waals surface area contributed by atoms with Crippen molar-refractivity contribution in [2.75, 3.05) is 33.8 Å². The standard InChI is InChI=1S/C15H27NO4.C14H19ClIN3O2.C14H25NO4.C13H23NO4.C10H19NO2.C8H15NO2.C6H10O.C5H10Si.C4HCl2IN2.C3H4O4/c1-11(12(17)19-5)15(9-7-6-8-10-15)16-13(18)20-14(2,3)4;1-9(12(20)21-2)14(6-4-3-5-7-14)19-11-10(16)8-17-13(15)18-11;1-13(2,3)19-12(17)15-14(10-11(16)18-4)8-6-5-7-9-14;1-12(2,3)18-11(17)14-13(9-10(15)16)7-5-4-6-8-13;1-8(9(12)13-2)10(11)6-4-3-5-7-10;9-8(6-7(10)11)4-2-1-3-5-8;7-6-4-2-1-3-5-6;1-5-6(2,3)4;5-3-2(7)1-8-4(6)9-3;4-2(5)1-3(6)7/h11H,6-10H2,1-5H3,(H,16,18);8-9H,3-7H2,1-2H3,(H,17,18,19);5-10H2,1-4H3,(H,15,17);4-9H2,1-3H3,(H,14,17)(H,15,16);8H,3-7,11H2,1-2H3;1-6,9H2,(H,10,11);1-5H2;1H,2-4H3;1H;1H2,(H,4,5)(H,6,7). The lowest BCUT2D eigenvalue weighted by molar-refractivity contribution is -0.149. The lowest BCUT2D eigenvalue weighted by Crippen LogP contribution is -2.57. The number of nitrogens with two attached hydrogens (primary N) is 2. The van der Waals surface area contributed by atoms with Gasteiger partial charge in [0.1, 0.15) is 48.1 Å². The van der Waals surface area contributed by atoms with E-state index < -0.39 is 95.6 Å². The number of hydrogen-bond donors (Lipinski definition) is 10. The number of methoxy groups -OCH3 is 4. The number of hydrogen-bond acceptors (Lipinski definition) is 26. The van der Waals surface area contributed by atoms with E-state index in [1.165, 1.54) is 54.1 Å². The number of rotatable bonds is 19. The van der Waals surface area contributed by atoms with Crippen LogP contribution in [0.25, 0.3) is 0 Å². The fourth-order valence-electron chi connectivity index (χ4n) is 15.7. The first kappa shape index (κ1) is 124. The number of ketones is 1. The van der Waals surface area contributed by atoms with Gasteiger partial charge in [-0.3, -0.25) is 43.2 Å². The number of alkyl carbamates (subject to hydrolysis) is 3. The van der Waals surface area contributed by atoms with Crippen LogP contribution in [0.5, 0.6) is 0 Å². The number of carbonyl (C=O) groups is 12. The number of carboxylic acid groups (broad SMARTS) is 4. The summed E-state index contributed by atoms with van der Waals surface area (Å²) >= 11 is 21.1. The van der Waals surface area contributed by atoms with E-state index in [2.05, 4.69) is 89.0 Å². The molecular weight excluding hydrogens is 2000 g/mol. The molecule has 3 atom stereocenters. The quantitative estimate of drug-likeness (QED) is 0.00912. The van der Waals surface area contributed by atoms with Crippen molar-refractivity contribution in [1.82, 2.24) is 35.9 Å². The number of anilines is 1. The van der Waals surface area contributed by atoms with Gasteiger partial charge in [-0.1, -0.05) is 160 Å². The van der Waals surface area contributed by atoms with Gasteiger partial charge < -0.3 is 86.3 Å². The van der Waals surface area contributed by atoms with E-state index in [-0.39, 0.29) is 82.5 Å². The fraction of sp³-hybridized carbons (Fsp3) is 0.761. The summed E-state index contributed by atoms with van der Waals surface area (Å²) in [7, 11) is 4.49. The van der Waals surface area contributed by atoms with Crippen LogP contribution >= 0.6 is 80.0 Å². The Balaban J connectivity index is 0.00000147. The molecule has 0 radical (unpaired) electrons. The summed E-state index contributed by atoms with van der Waals surface area (Å²) in [6.45, 7) is 28.3. The van der Waals surface area contributed by atoms with Gasteiger partial charge in [-0.15, -0.1) is 12.0 Å². The highest BCUT2D eigenvalue weighted by Crippen LogP contribution is 2.41. The molecule has 0 aliphatic heterocycles. The van der Waals surface area contributed by atoms with E-state index in [9.17, 15) is 57.5 Å². The van der Waals surface area contributed by atoms with Gasteiger partial charge >= 0.3 is 66.0 Å². The summed E-state index contributed by atoms with van der Waals surface area (Å²) in [5.41, 5.74) is 10.4. The predicted octanol–water partition coefficient (Wildman–Crippen LogP) is 19.7. The number of esters is 4. The summed E-state index contributed by atoms with van der Waals surface area (Å²) < 4.78 is 36.7. The number of carbonyl (C=O) groups excluding carboxylic acids is 8. The molecule has 0 bridgehead atoms. The number of nitrogens with one attached hydrogen (secondary N) is 4. The highest BCUT2D eigenvalue weighted by molar-refractivity contribution is 14.1. The van der Waals surface area contributed by atoms with Crippen molar-refractivity contribution in [3.05, 3.63) is 35.3 Å². The zero-order chi connectivity index (χ0) is 100. The SMILES string of the molecule is C#C[Si](C)(C)C.CC(C)(C)OC(=O)NC1(CC(=O)O)CCCCC1.COC(=O)C(C)C1(N)CCCCC1.COC(=O)C(C)C1(NC(=O)OC(C)(C)C)CCCCC1.COC(=O)C(C)C1(Nc2nc(Cl)ncc2I)CCCCC1.COC(=O)CC1(NC(=O)OC(C)(C)C)CCCCC1.Clc1ncc(I)c(Cl)n1.NC1(CC(=O)O)CCCCC1.O=C(O)CC(=O)O.O=C1CCCCC1. The molecule has 2 aromatic heterocycles. The van der Waals surface area contributed by atoms with Gasteiger partial charge in [0.15, 0.2) is 0 Å². The molecule has 0 aromatic carbocycles. The molecule has 0 saturated heterocycles. The van der Waals surface area contributed by atoms with Gasteiger partial charge in [0.25, 0.3) is 0 Å². The third kappa shape index (κ3) is 54.5. The topological polar surface area (TPSA) is 502 Å². The van der Waals surface area contributed by atoms with Crippen molar-refractivity contribution < 1.29 is 111 Å². The van der Waals surface area contributed by atoms with E-state index in [1.54, 1.807) is 33.2 Å². The molecular formula is C92H153Cl3I2N10O23Si. The maximum Gasteiger partial charge on any atom is 0.408 e. The summed E-state index contributed by atoms with van der Waals surface area (Å²) in [6.07, 6.45) is 41.2. The van der Waals surface area contributed by atoms with E-state index >= 15 is 0 Å². The van der Waals surface area contributed by atoms with Crippen LogP contribution in [0.2, 0.25) is 35.4 Å². The van der Waals surface area contributed by atoms with E-state index in [0.29, 0.717) is 29.6 Å². The molecule has 7 aliphatic carbocycles. The molecule has 7 fully saturated rings. The zero-order valence-electron chi connectivity index (χ0n) is 80.9. The number of carboxylic acids is 4. The summed E-state index contributed by atoms with van der Waals surface area (Å²) in [6, 6.07) is 0. The molecule has 3 unspecified atom stereocenters. The second-order valence-corrected chi connectivity index (χ2v) is 46.7. The largest absolute Gasteiger partial charge is 0.481 e. The monoisotopic (exact) mass is 2150 g/mol. The number of terminal acetylenes is 1. The fourth-order valence-corrected chi connectivity index (χ4v) is 16.8. The first-order chi connectivity index (χ1) is 60.7. The van der Waals surface area contributed by atoms with Crippen molar-refractivity contribution >= 4 is 166 Å². The number of aromatic nitrogens is 4. The lowest BCUT2D eigenvalue weighted by atomic mass is 9.73. The Bertz CT molecular complexity index is 3890. The Kier molecular flexibility index (Phi) is 58.2. The first-order valence-electron chi connectivity index (χ1n) is 45.3. The van der Waals surface area contributed by atoms with Crippen molar-refractivity contribution in [1.29, 1.82) is 0 Å². The molecule has 2 aromatic rings. The van der Waals surface area contributed by atoms with Crippen molar-refractivity contribution in [3.8, 4) is 12.0 Å². The number of nitrogens with zero attached hydrogens (tertiary/aromatic N) is 4. The van der Waals surface area contributed by atoms with E-state index in [4.69, 9.17) is 106 Å². The van der Waals surface area contributed by atoms with Crippen molar-refractivity contribution in [2.24, 2.45) is 29.2 Å². The molecule has 3 amide bonds. The van der Waals surface area contributed by atoms with Crippen molar-refractivity contribution in [3.63, 3.8) is 0 Å². The normalized spacial score (nSPS) is 18.4. The maximum atomic E-state index is 12.1. The Morgan fingerprint density at radius 1 is 0.458 bits per heavy atom. The third-order valence-corrected chi connectivity index (χ3v) is 26.2. The van der Waals surface area contributed by atoms with Gasteiger partial charge in [-0.05, 0) is 234 Å². The Hall–Kier alpha value is -6.77. The van der Waals surface area contributed by atoms with Gasteiger partial charge in [-0.2, -0.15) is 4.98 Å². The Morgan fingerprint density at radius 3 is 1.10 bits per heavy atom. The Morgan fingerprint density at radius 2 is 0.779 bits per heavy atom. The molecule has 748 valence electrons. The molecule has 9 rings (SSSR count). The maximum absolute atomic E-state index is 12.1. The second-order valence-electron chi connectivity index (χ2n) is 38.5. The molecule has 12 N–H and O–H groups in total. The number of ether oxygens (including phenoxy) is 7. The predicted molar refractivity (Wildman–Crippen MR) is 524 cm³/mol. The van der Waals surface area contributed by atoms with Crippen LogP contribution in [0.15, 0.2) is 12.4 Å². The highest BCUT2D eigenvalue weighted by Gasteiger charge is 2.46. The summed E-state index contributed by atoms with van der Waals surface area (Å²) in [5, 5.41) is 45.8. The van der Waals surface area contributed by atoms with Gasteiger partial charge in [0.2, 0.25) is 10.6 Å². The van der Waals surface area contributed by atoms with Gasteiger partial charge in [0.05, 0.1) is 94.8 Å². The number of halogens is 5. The van der Waals surface area contributed by atoms with Gasteiger partial charge in [-0.25, -0.2) is 29.3 Å². The lowest BCUT2D eigenvalue weighted by Gasteiger charge is -2.42. The van der Waals surface area contributed by atoms with Crippen LogP contribution in [0, 0.1) is 36.9 Å². The Labute approximate surface area is 820 Å². The molecule has 131 heavy (non-hydrogen) atoms. The summed E-state index contributed by atoms with van der Waals surface area (Å²) in [5.74, 6) is -4.86. The second kappa shape index (κ2) is 61.3. The minimum absolute atomic E-state index is 0.0355. The van der Waals surface area contributed by atoms with E-state index in [0.717, 1.165) is 193 Å². The molecule has 33 nitrogen and oxygen atoms in total. The van der Waals surface area contributed by atoms with Crippen LogP contribution in [0.1, 0.15) is 333 Å². The summed E-state index contributed by atoms with van der Waals surface area (Å²) in [4.78, 5) is 149. The van der Waals surface area contributed by atoms with Crippen LogP contribution in [0.4, 0.5) is 20.2 Å². The number of amides is 3. The van der Waals surface area contributed by atoms with E-state index in [1.807, 2.05) is 84.9 Å². The molecule has 7 aliphatic rings. The zero-order valence-corrected chi connectivity index (χ0v) is 88.5. The molecule has 39 heteroatoms. The average molecular weight is 2160 g/mol. The minimum Gasteiger partial charge on any atom is -0.481 e. The third-order valence-electron chi connectivity index (χ3n) is 22.8. The number of aliphatic carboxylic acids is 4. The number of Topliss-reactive ketones (excluding diaryl/α,β-unsaturated/α-hetero) is 1. The first-order valence-corrected chi connectivity index (χ1v) is 52.0.